The number of carbonyl (C=O) groups is 2. The Morgan fingerprint density at radius 2 is 1.96 bits per heavy atom. The first-order valence-corrected chi connectivity index (χ1v) is 7.72. The van der Waals surface area contributed by atoms with Crippen LogP contribution in [0, 0.1) is 0 Å². The van der Waals surface area contributed by atoms with Gasteiger partial charge in [0.2, 0.25) is 5.91 Å². The van der Waals surface area contributed by atoms with Gasteiger partial charge < -0.3 is 14.6 Å². The number of furan rings is 1. The Hall–Kier alpha value is -3.35. The third-order valence-corrected chi connectivity index (χ3v) is 3.66. The second-order valence-corrected chi connectivity index (χ2v) is 5.76. The second kappa shape index (κ2) is 7.04. The first kappa shape index (κ1) is 16.5. The van der Waals surface area contributed by atoms with E-state index in [9.17, 15) is 9.59 Å². The average Bonchev–Trinajstić information content (AvgIpc) is 3.27. The van der Waals surface area contributed by atoms with Crippen LogP contribution < -0.4 is 5.32 Å². The fourth-order valence-corrected chi connectivity index (χ4v) is 2.23. The van der Waals surface area contributed by atoms with Crippen LogP contribution in [-0.2, 0) is 11.2 Å². The van der Waals surface area contributed by atoms with Crippen LogP contribution in [0.1, 0.15) is 16.1 Å². The van der Waals surface area contributed by atoms with Gasteiger partial charge in [0.05, 0.1) is 12.7 Å². The lowest BCUT2D eigenvalue weighted by Gasteiger charge is -2.10. The van der Waals surface area contributed by atoms with E-state index in [4.69, 9.17) is 4.42 Å². The highest BCUT2D eigenvalue weighted by Gasteiger charge is 2.13. The molecule has 0 saturated carbocycles. The first-order chi connectivity index (χ1) is 12.0. The van der Waals surface area contributed by atoms with Crippen LogP contribution in [0.4, 0.5) is 5.69 Å². The normalized spacial score (nSPS) is 10.5. The third kappa shape index (κ3) is 3.95. The number of nitrogens with zero attached hydrogens (tertiary/aromatic N) is 2. The minimum Gasteiger partial charge on any atom is -0.463 e. The number of aromatic amines is 1. The molecule has 25 heavy (non-hydrogen) atoms. The second-order valence-electron chi connectivity index (χ2n) is 5.76. The largest absolute Gasteiger partial charge is 0.463 e. The van der Waals surface area contributed by atoms with E-state index >= 15 is 0 Å². The summed E-state index contributed by atoms with van der Waals surface area (Å²) in [6.07, 6.45) is 1.88. The molecule has 2 aromatic heterocycles. The molecular weight excluding hydrogens is 320 g/mol. The Morgan fingerprint density at radius 3 is 2.60 bits per heavy atom. The molecule has 0 aliphatic rings. The van der Waals surface area contributed by atoms with E-state index in [0.717, 1.165) is 5.56 Å². The van der Waals surface area contributed by atoms with Crippen molar-refractivity contribution in [1.29, 1.82) is 0 Å². The van der Waals surface area contributed by atoms with Gasteiger partial charge in [-0.15, -0.1) is 0 Å². The molecule has 0 fully saturated rings. The Bertz CT molecular complexity index is 864. The lowest BCUT2D eigenvalue weighted by molar-refractivity contribution is -0.127. The van der Waals surface area contributed by atoms with Crippen molar-refractivity contribution in [3.05, 3.63) is 60.0 Å². The third-order valence-electron chi connectivity index (χ3n) is 3.66. The van der Waals surface area contributed by atoms with Crippen LogP contribution in [0.2, 0.25) is 0 Å². The molecule has 2 amide bonds. The van der Waals surface area contributed by atoms with Gasteiger partial charge in [0.1, 0.15) is 5.69 Å². The number of hydrogen-bond acceptors (Lipinski definition) is 4. The van der Waals surface area contributed by atoms with Crippen LogP contribution in [0.15, 0.2) is 53.1 Å². The standard InChI is InChI=1S/C18H18N4O3/c1-22(2)17(23)10-12-5-7-13(8-6-12)19-18(24)15-11-14(20-21-15)16-4-3-9-25-16/h3-9,11H,10H2,1-2H3,(H,19,24)(H,20,21). The van der Waals surface area contributed by atoms with E-state index in [-0.39, 0.29) is 17.5 Å². The molecule has 0 aliphatic heterocycles. The van der Waals surface area contributed by atoms with Crippen LogP contribution in [0.25, 0.3) is 11.5 Å². The number of anilines is 1. The summed E-state index contributed by atoms with van der Waals surface area (Å²) in [5.41, 5.74) is 2.41. The Kier molecular flexibility index (Phi) is 4.65. The summed E-state index contributed by atoms with van der Waals surface area (Å²) >= 11 is 0. The van der Waals surface area contributed by atoms with Crippen LogP contribution >= 0.6 is 0 Å². The van der Waals surface area contributed by atoms with Crippen molar-refractivity contribution in [3.63, 3.8) is 0 Å². The summed E-state index contributed by atoms with van der Waals surface area (Å²) in [5.74, 6) is 0.311. The maximum Gasteiger partial charge on any atom is 0.276 e. The average molecular weight is 338 g/mol. The van der Waals surface area contributed by atoms with E-state index in [1.54, 1.807) is 55.6 Å². The number of aromatic nitrogens is 2. The first-order valence-electron chi connectivity index (χ1n) is 7.72. The number of carbonyl (C=O) groups excluding carboxylic acids is 2. The number of likely N-dealkylation sites (N-methyl/N-ethyl adjacent to an activating group) is 1. The molecule has 128 valence electrons. The van der Waals surface area contributed by atoms with Crippen molar-refractivity contribution in [2.75, 3.05) is 19.4 Å². The predicted octanol–water partition coefficient (Wildman–Crippen LogP) is 2.55. The zero-order valence-corrected chi connectivity index (χ0v) is 13.9. The van der Waals surface area contributed by atoms with Crippen molar-refractivity contribution in [2.45, 2.75) is 6.42 Å². The van der Waals surface area contributed by atoms with Gasteiger partial charge in [-0.3, -0.25) is 14.7 Å². The van der Waals surface area contributed by atoms with E-state index in [1.165, 1.54) is 0 Å². The zero-order chi connectivity index (χ0) is 17.8. The molecule has 0 atom stereocenters. The summed E-state index contributed by atoms with van der Waals surface area (Å²) in [6, 6.07) is 12.3. The molecule has 2 N–H and O–H groups in total. The van der Waals surface area contributed by atoms with Gasteiger partial charge in [-0.25, -0.2) is 0 Å². The van der Waals surface area contributed by atoms with Gasteiger partial charge in [0, 0.05) is 25.8 Å². The smallest absolute Gasteiger partial charge is 0.276 e. The number of rotatable bonds is 5. The maximum absolute atomic E-state index is 12.3. The highest BCUT2D eigenvalue weighted by Crippen LogP contribution is 2.18. The zero-order valence-electron chi connectivity index (χ0n) is 13.9. The molecule has 0 bridgehead atoms. The topological polar surface area (TPSA) is 91.2 Å². The Labute approximate surface area is 144 Å². The van der Waals surface area contributed by atoms with E-state index < -0.39 is 0 Å². The lowest BCUT2D eigenvalue weighted by atomic mass is 10.1. The maximum atomic E-state index is 12.3. The van der Waals surface area contributed by atoms with Gasteiger partial charge in [-0.1, -0.05) is 12.1 Å². The van der Waals surface area contributed by atoms with E-state index in [0.29, 0.717) is 23.6 Å². The molecular formula is C18H18N4O3. The van der Waals surface area contributed by atoms with Gasteiger partial charge in [-0.05, 0) is 29.8 Å². The predicted molar refractivity (Wildman–Crippen MR) is 93.1 cm³/mol. The summed E-state index contributed by atoms with van der Waals surface area (Å²) in [4.78, 5) is 25.5. The monoisotopic (exact) mass is 338 g/mol. The molecule has 7 nitrogen and oxygen atoms in total. The number of nitrogens with one attached hydrogen (secondary N) is 2. The van der Waals surface area contributed by atoms with Gasteiger partial charge in [-0.2, -0.15) is 5.10 Å². The summed E-state index contributed by atoms with van der Waals surface area (Å²) in [7, 11) is 3.44. The van der Waals surface area contributed by atoms with Crippen LogP contribution in [0.5, 0.6) is 0 Å². The van der Waals surface area contributed by atoms with Crippen molar-refractivity contribution in [1.82, 2.24) is 15.1 Å². The van der Waals surface area contributed by atoms with Crippen LogP contribution in [0.3, 0.4) is 0 Å². The van der Waals surface area contributed by atoms with Gasteiger partial charge in [0.15, 0.2) is 11.5 Å². The molecule has 0 saturated heterocycles. The van der Waals surface area contributed by atoms with E-state index in [1.807, 2.05) is 12.1 Å². The summed E-state index contributed by atoms with van der Waals surface area (Å²) in [6.45, 7) is 0. The Morgan fingerprint density at radius 1 is 1.20 bits per heavy atom. The molecule has 0 spiro atoms. The number of benzene rings is 1. The highest BCUT2D eigenvalue weighted by molar-refractivity contribution is 6.03. The number of hydrogen-bond donors (Lipinski definition) is 2. The fourth-order valence-electron chi connectivity index (χ4n) is 2.23. The molecule has 0 radical (unpaired) electrons. The minimum absolute atomic E-state index is 0.0266. The Balaban J connectivity index is 1.64. The summed E-state index contributed by atoms with van der Waals surface area (Å²) in [5, 5.41) is 9.54. The number of amides is 2. The molecule has 1 aromatic carbocycles. The summed E-state index contributed by atoms with van der Waals surface area (Å²) < 4.78 is 5.26. The van der Waals surface area contributed by atoms with E-state index in [2.05, 4.69) is 15.5 Å². The van der Waals surface area contributed by atoms with Gasteiger partial charge in [0.25, 0.3) is 5.91 Å². The molecule has 2 heterocycles. The lowest BCUT2D eigenvalue weighted by Crippen LogP contribution is -2.23. The molecule has 0 aliphatic carbocycles. The van der Waals surface area contributed by atoms with Gasteiger partial charge >= 0.3 is 0 Å². The van der Waals surface area contributed by atoms with Crippen molar-refractivity contribution in [2.24, 2.45) is 0 Å². The van der Waals surface area contributed by atoms with Crippen molar-refractivity contribution >= 4 is 17.5 Å². The molecule has 3 aromatic rings. The van der Waals surface area contributed by atoms with Crippen molar-refractivity contribution < 1.29 is 14.0 Å². The molecule has 3 rings (SSSR count). The SMILES string of the molecule is CN(C)C(=O)Cc1ccc(NC(=O)c2cc(-c3ccco3)[nH]n2)cc1. The van der Waals surface area contributed by atoms with Crippen LogP contribution in [-0.4, -0.2) is 41.0 Å². The molecule has 0 unspecified atom stereocenters. The minimum atomic E-state index is -0.328. The number of H-pyrrole nitrogens is 1. The molecule has 7 heteroatoms. The fraction of sp³-hybridized carbons (Fsp3) is 0.167. The van der Waals surface area contributed by atoms with Crippen molar-refractivity contribution in [3.8, 4) is 11.5 Å². The quantitative estimate of drug-likeness (QED) is 0.748. The highest BCUT2D eigenvalue weighted by atomic mass is 16.3.